The van der Waals surface area contributed by atoms with Crippen molar-refractivity contribution in [1.29, 1.82) is 0 Å². The third kappa shape index (κ3) is 7.49. The van der Waals surface area contributed by atoms with Crippen molar-refractivity contribution in [2.75, 3.05) is 5.32 Å². The molecule has 2 aromatic carbocycles. The Labute approximate surface area is 212 Å². The molecule has 0 radical (unpaired) electrons. The van der Waals surface area contributed by atoms with Gasteiger partial charge in [-0.05, 0) is 63.8 Å². The highest BCUT2D eigenvalue weighted by atomic mass is 35.5. The molecule has 35 heavy (non-hydrogen) atoms. The number of carbonyl (C=O) groups is 3. The minimum absolute atomic E-state index is 0.358. The molecule has 7 nitrogen and oxygen atoms in total. The van der Waals surface area contributed by atoms with Gasteiger partial charge in [0.15, 0.2) is 0 Å². The summed E-state index contributed by atoms with van der Waals surface area (Å²) < 4.78 is 5.23. The van der Waals surface area contributed by atoms with Gasteiger partial charge in [-0.15, -0.1) is 0 Å². The van der Waals surface area contributed by atoms with Crippen LogP contribution in [0.2, 0.25) is 5.02 Å². The summed E-state index contributed by atoms with van der Waals surface area (Å²) in [4.78, 5) is 40.0. The zero-order chi connectivity index (χ0) is 26.3. The number of alkyl carbamates (subject to hydrolysis) is 1. The predicted octanol–water partition coefficient (Wildman–Crippen LogP) is 5.22. The minimum atomic E-state index is -1.17. The van der Waals surface area contributed by atoms with Crippen molar-refractivity contribution in [2.45, 2.75) is 65.6 Å². The lowest BCUT2D eigenvalue weighted by Crippen LogP contribution is -2.49. The summed E-state index contributed by atoms with van der Waals surface area (Å²) >= 11 is 6.30. The lowest BCUT2D eigenvalue weighted by molar-refractivity contribution is -0.136. The number of rotatable bonds is 7. The molecule has 0 spiro atoms. The quantitative estimate of drug-likeness (QED) is 0.405. The maximum Gasteiger partial charge on any atom is 0.408 e. The van der Waals surface area contributed by atoms with Gasteiger partial charge in [-0.1, -0.05) is 61.3 Å². The van der Waals surface area contributed by atoms with Crippen LogP contribution in [-0.4, -0.2) is 34.5 Å². The molecule has 0 fully saturated rings. The Kier molecular flexibility index (Phi) is 9.32. The number of aryl methyl sites for hydroxylation is 2. The van der Waals surface area contributed by atoms with E-state index in [1.165, 1.54) is 6.92 Å². The fraction of sp³-hybridized carbons (Fsp3) is 0.370. The highest BCUT2D eigenvalue weighted by molar-refractivity contribution is 6.34. The number of carbonyl (C=O) groups excluding carboxylic acids is 3. The first-order valence-electron chi connectivity index (χ1n) is 11.3. The van der Waals surface area contributed by atoms with E-state index in [1.807, 2.05) is 32.0 Å². The summed E-state index contributed by atoms with van der Waals surface area (Å²) in [5.41, 5.74) is 2.02. The standard InChI is InChI=1S/C27H32ClN3O4/c1-8-19-13-15-20(16-14-19)23(24(32)30-22-17(3)11-10-12-21(22)28)31(9-2)25(33)18(4)29-26(34)35-27(5,6)7/h2,10-16,18,23H,8H2,1,3-7H3,(H,29,34)(H,30,32). The zero-order valence-electron chi connectivity index (χ0n) is 20.9. The second kappa shape index (κ2) is 11.8. The topological polar surface area (TPSA) is 87.7 Å². The number of hydrogen-bond acceptors (Lipinski definition) is 4. The summed E-state index contributed by atoms with van der Waals surface area (Å²) in [5, 5.41) is 5.65. The van der Waals surface area contributed by atoms with E-state index < -0.39 is 35.6 Å². The normalized spacial score (nSPS) is 12.6. The van der Waals surface area contributed by atoms with Crippen LogP contribution in [0.4, 0.5) is 10.5 Å². The highest BCUT2D eigenvalue weighted by Gasteiger charge is 2.34. The molecule has 0 aromatic heterocycles. The van der Waals surface area contributed by atoms with Gasteiger partial charge in [-0.25, -0.2) is 4.79 Å². The molecule has 0 aliphatic carbocycles. The van der Waals surface area contributed by atoms with Crippen molar-refractivity contribution in [3.05, 3.63) is 64.2 Å². The Hall–Kier alpha value is -3.50. The number of anilines is 1. The van der Waals surface area contributed by atoms with Crippen molar-refractivity contribution in [2.24, 2.45) is 0 Å². The molecule has 2 aromatic rings. The number of nitrogens with zero attached hydrogens (tertiary/aromatic N) is 1. The van der Waals surface area contributed by atoms with Crippen molar-refractivity contribution < 1.29 is 19.1 Å². The molecule has 2 N–H and O–H groups in total. The third-order valence-corrected chi connectivity index (χ3v) is 5.48. The molecule has 0 aliphatic heterocycles. The Morgan fingerprint density at radius 3 is 2.29 bits per heavy atom. The van der Waals surface area contributed by atoms with Crippen LogP contribution in [-0.2, 0) is 20.7 Å². The molecule has 2 rings (SSSR count). The van der Waals surface area contributed by atoms with Crippen LogP contribution in [0, 0.1) is 19.4 Å². The molecule has 3 amide bonds. The molecular weight excluding hydrogens is 466 g/mol. The predicted molar refractivity (Wildman–Crippen MR) is 138 cm³/mol. The van der Waals surface area contributed by atoms with Gasteiger partial charge < -0.3 is 15.4 Å². The average molecular weight is 498 g/mol. The molecule has 186 valence electrons. The van der Waals surface area contributed by atoms with E-state index in [0.717, 1.165) is 22.4 Å². The van der Waals surface area contributed by atoms with E-state index in [2.05, 4.69) is 16.7 Å². The molecular formula is C27H32ClN3O4. The molecule has 8 heteroatoms. The van der Waals surface area contributed by atoms with E-state index >= 15 is 0 Å². The van der Waals surface area contributed by atoms with Gasteiger partial charge in [0.1, 0.15) is 17.7 Å². The summed E-state index contributed by atoms with van der Waals surface area (Å²) in [5.74, 6) is -1.19. The van der Waals surface area contributed by atoms with Crippen molar-refractivity contribution in [1.82, 2.24) is 10.2 Å². The van der Waals surface area contributed by atoms with E-state index in [9.17, 15) is 14.4 Å². The number of halogens is 1. The van der Waals surface area contributed by atoms with Gasteiger partial charge in [0.05, 0.1) is 10.7 Å². The van der Waals surface area contributed by atoms with Gasteiger partial charge in [0.25, 0.3) is 11.8 Å². The second-order valence-electron chi connectivity index (χ2n) is 9.12. The van der Waals surface area contributed by atoms with Crippen LogP contribution >= 0.6 is 11.6 Å². The number of hydrogen-bond donors (Lipinski definition) is 2. The first kappa shape index (κ1) is 27.7. The van der Waals surface area contributed by atoms with Crippen LogP contribution in [0.5, 0.6) is 0 Å². The summed E-state index contributed by atoms with van der Waals surface area (Å²) in [6.45, 7) is 10.4. The van der Waals surface area contributed by atoms with Crippen LogP contribution in [0.15, 0.2) is 42.5 Å². The molecule has 2 atom stereocenters. The van der Waals surface area contributed by atoms with E-state index in [1.54, 1.807) is 45.0 Å². The average Bonchev–Trinajstić information content (AvgIpc) is 2.78. The maximum atomic E-state index is 13.5. The summed E-state index contributed by atoms with van der Waals surface area (Å²) in [7, 11) is 0. The second-order valence-corrected chi connectivity index (χ2v) is 9.53. The first-order chi connectivity index (χ1) is 16.4. The number of nitrogens with one attached hydrogen (secondary N) is 2. The Morgan fingerprint density at radius 2 is 1.77 bits per heavy atom. The van der Waals surface area contributed by atoms with Crippen LogP contribution in [0.3, 0.4) is 0 Å². The molecule has 0 saturated carbocycles. The molecule has 0 heterocycles. The minimum Gasteiger partial charge on any atom is -0.444 e. The van der Waals surface area contributed by atoms with Crippen LogP contribution in [0.1, 0.15) is 57.4 Å². The maximum absolute atomic E-state index is 13.5. The number of para-hydroxylation sites is 1. The number of ether oxygens (including phenoxy) is 1. The van der Waals surface area contributed by atoms with Gasteiger partial charge >= 0.3 is 6.09 Å². The molecule has 0 saturated heterocycles. The van der Waals surface area contributed by atoms with Crippen molar-refractivity contribution in [3.8, 4) is 12.5 Å². The highest BCUT2D eigenvalue weighted by Crippen LogP contribution is 2.29. The van der Waals surface area contributed by atoms with Crippen LogP contribution < -0.4 is 10.6 Å². The Balaban J connectivity index is 2.41. The largest absolute Gasteiger partial charge is 0.444 e. The first-order valence-corrected chi connectivity index (χ1v) is 11.7. The lowest BCUT2D eigenvalue weighted by atomic mass is 10.0. The number of amides is 3. The molecule has 0 bridgehead atoms. The van der Waals surface area contributed by atoms with E-state index in [4.69, 9.17) is 22.8 Å². The Morgan fingerprint density at radius 1 is 1.14 bits per heavy atom. The number of terminal acetylenes is 1. The van der Waals surface area contributed by atoms with Crippen LogP contribution in [0.25, 0.3) is 0 Å². The summed E-state index contributed by atoms with van der Waals surface area (Å²) in [6.07, 6.45) is 5.78. The van der Waals surface area contributed by atoms with E-state index in [0.29, 0.717) is 16.3 Å². The van der Waals surface area contributed by atoms with Gasteiger partial charge in [0.2, 0.25) is 0 Å². The van der Waals surface area contributed by atoms with Crippen molar-refractivity contribution >= 4 is 35.2 Å². The fourth-order valence-electron chi connectivity index (χ4n) is 3.36. The lowest BCUT2D eigenvalue weighted by Gasteiger charge is -2.29. The third-order valence-electron chi connectivity index (χ3n) is 5.16. The smallest absolute Gasteiger partial charge is 0.408 e. The van der Waals surface area contributed by atoms with Gasteiger partial charge in [0, 0.05) is 6.04 Å². The molecule has 2 unspecified atom stereocenters. The van der Waals surface area contributed by atoms with E-state index in [-0.39, 0.29) is 0 Å². The zero-order valence-corrected chi connectivity index (χ0v) is 21.7. The fourth-order valence-corrected chi connectivity index (χ4v) is 3.62. The molecule has 0 aliphatic rings. The summed E-state index contributed by atoms with van der Waals surface area (Å²) in [6, 6.07) is 12.6. The van der Waals surface area contributed by atoms with Gasteiger partial charge in [-0.3, -0.25) is 14.5 Å². The number of benzene rings is 2. The SMILES string of the molecule is C#CN(C(=O)C(C)NC(=O)OC(C)(C)C)C(C(=O)Nc1c(C)cccc1Cl)c1ccc(CC)cc1. The van der Waals surface area contributed by atoms with Gasteiger partial charge in [-0.2, -0.15) is 0 Å². The Bertz CT molecular complexity index is 1100. The van der Waals surface area contributed by atoms with Crippen molar-refractivity contribution in [3.63, 3.8) is 0 Å². The monoisotopic (exact) mass is 497 g/mol.